The molecular formula is C13H15ClO2. The van der Waals surface area contributed by atoms with E-state index in [0.29, 0.717) is 11.5 Å². The SMILES string of the molecule is COc1ccc(C#CC(C)(C)Cl)cc1OC. The van der Waals surface area contributed by atoms with Crippen molar-refractivity contribution in [2.45, 2.75) is 18.7 Å². The van der Waals surface area contributed by atoms with Gasteiger partial charge < -0.3 is 9.47 Å². The molecule has 0 aromatic heterocycles. The fourth-order valence-electron chi connectivity index (χ4n) is 1.13. The molecule has 0 saturated carbocycles. The lowest BCUT2D eigenvalue weighted by atomic mass is 10.1. The second kappa shape index (κ2) is 5.14. The van der Waals surface area contributed by atoms with Gasteiger partial charge in [0.05, 0.1) is 19.1 Å². The Labute approximate surface area is 102 Å². The number of ether oxygens (including phenoxy) is 2. The Balaban J connectivity index is 3.03. The Bertz CT molecular complexity index is 422. The molecule has 1 aromatic carbocycles. The van der Waals surface area contributed by atoms with Gasteiger partial charge in [-0.05, 0) is 32.0 Å². The molecule has 0 atom stereocenters. The first kappa shape index (κ1) is 12.7. The summed E-state index contributed by atoms with van der Waals surface area (Å²) in [5.41, 5.74) is 0.853. The first-order chi connectivity index (χ1) is 7.46. The van der Waals surface area contributed by atoms with E-state index in [1.165, 1.54) is 0 Å². The molecule has 0 N–H and O–H groups in total. The topological polar surface area (TPSA) is 18.5 Å². The van der Waals surface area contributed by atoms with Crippen LogP contribution in [0.1, 0.15) is 19.4 Å². The Hall–Kier alpha value is -1.33. The highest BCUT2D eigenvalue weighted by Crippen LogP contribution is 2.27. The maximum Gasteiger partial charge on any atom is 0.161 e. The first-order valence-corrected chi connectivity index (χ1v) is 5.28. The number of methoxy groups -OCH3 is 2. The Morgan fingerprint density at radius 3 is 2.25 bits per heavy atom. The van der Waals surface area contributed by atoms with Crippen LogP contribution < -0.4 is 9.47 Å². The summed E-state index contributed by atoms with van der Waals surface area (Å²) in [5.74, 6) is 7.30. The number of hydrogen-bond donors (Lipinski definition) is 0. The van der Waals surface area contributed by atoms with Crippen molar-refractivity contribution in [3.63, 3.8) is 0 Å². The molecule has 1 rings (SSSR count). The van der Waals surface area contributed by atoms with Gasteiger partial charge in [0.1, 0.15) is 0 Å². The summed E-state index contributed by atoms with van der Waals surface area (Å²) >= 11 is 5.99. The van der Waals surface area contributed by atoms with Crippen LogP contribution in [0.3, 0.4) is 0 Å². The van der Waals surface area contributed by atoms with Gasteiger partial charge in [0.15, 0.2) is 11.5 Å². The van der Waals surface area contributed by atoms with Gasteiger partial charge in [0.2, 0.25) is 0 Å². The second-order valence-corrected chi connectivity index (χ2v) is 4.74. The lowest BCUT2D eigenvalue weighted by molar-refractivity contribution is 0.355. The first-order valence-electron chi connectivity index (χ1n) is 4.90. The molecule has 0 aliphatic carbocycles. The number of halogens is 1. The van der Waals surface area contributed by atoms with Crippen LogP contribution in [0.2, 0.25) is 0 Å². The minimum absolute atomic E-state index is 0.521. The smallest absolute Gasteiger partial charge is 0.161 e. The molecule has 0 fully saturated rings. The predicted octanol–water partition coefficient (Wildman–Crippen LogP) is 3.07. The third-order valence-electron chi connectivity index (χ3n) is 1.89. The fraction of sp³-hybridized carbons (Fsp3) is 0.385. The van der Waals surface area contributed by atoms with Crippen LogP contribution in [0.4, 0.5) is 0 Å². The van der Waals surface area contributed by atoms with Gasteiger partial charge in [-0.3, -0.25) is 0 Å². The van der Waals surface area contributed by atoms with E-state index < -0.39 is 4.87 Å². The van der Waals surface area contributed by atoms with Gasteiger partial charge in [0.25, 0.3) is 0 Å². The molecule has 0 saturated heterocycles. The van der Waals surface area contributed by atoms with Gasteiger partial charge >= 0.3 is 0 Å². The average molecular weight is 239 g/mol. The zero-order valence-corrected chi connectivity index (χ0v) is 10.7. The number of alkyl halides is 1. The van der Waals surface area contributed by atoms with Crippen molar-refractivity contribution in [3.8, 4) is 23.3 Å². The third-order valence-corrected chi connectivity index (χ3v) is 1.98. The van der Waals surface area contributed by atoms with Gasteiger partial charge in [-0.15, -0.1) is 11.6 Å². The van der Waals surface area contributed by atoms with E-state index in [0.717, 1.165) is 5.56 Å². The molecule has 0 bridgehead atoms. The summed E-state index contributed by atoms with van der Waals surface area (Å²) in [5, 5.41) is 0. The van der Waals surface area contributed by atoms with Crippen molar-refractivity contribution in [3.05, 3.63) is 23.8 Å². The van der Waals surface area contributed by atoms with E-state index in [1.807, 2.05) is 32.0 Å². The Morgan fingerprint density at radius 2 is 1.75 bits per heavy atom. The van der Waals surface area contributed by atoms with Crippen LogP contribution in [0.5, 0.6) is 11.5 Å². The van der Waals surface area contributed by atoms with Gasteiger partial charge in [-0.2, -0.15) is 0 Å². The average Bonchev–Trinajstić information content (AvgIpc) is 2.25. The molecule has 3 heteroatoms. The summed E-state index contributed by atoms with van der Waals surface area (Å²) in [6.45, 7) is 3.70. The summed E-state index contributed by atoms with van der Waals surface area (Å²) in [7, 11) is 3.20. The molecule has 16 heavy (non-hydrogen) atoms. The van der Waals surface area contributed by atoms with Crippen LogP contribution in [0.15, 0.2) is 18.2 Å². The van der Waals surface area contributed by atoms with Gasteiger partial charge in [-0.25, -0.2) is 0 Å². The molecule has 0 unspecified atom stereocenters. The van der Waals surface area contributed by atoms with E-state index in [1.54, 1.807) is 14.2 Å². The van der Waals surface area contributed by atoms with E-state index in [2.05, 4.69) is 11.8 Å². The highest BCUT2D eigenvalue weighted by atomic mass is 35.5. The van der Waals surface area contributed by atoms with Crippen molar-refractivity contribution < 1.29 is 9.47 Å². The van der Waals surface area contributed by atoms with Crippen LogP contribution in [0, 0.1) is 11.8 Å². The quantitative estimate of drug-likeness (QED) is 0.582. The summed E-state index contributed by atoms with van der Waals surface area (Å²) in [4.78, 5) is -0.521. The molecule has 1 aromatic rings. The second-order valence-electron chi connectivity index (χ2n) is 3.79. The molecule has 2 nitrogen and oxygen atoms in total. The van der Waals surface area contributed by atoms with E-state index in [-0.39, 0.29) is 0 Å². The standard InChI is InChI=1S/C13H15ClO2/c1-13(2,14)8-7-10-5-6-11(15-3)12(9-10)16-4/h5-6,9H,1-4H3. The lowest BCUT2D eigenvalue weighted by Crippen LogP contribution is -2.04. The van der Waals surface area contributed by atoms with Gasteiger partial charge in [0, 0.05) is 5.56 Å². The molecule has 0 heterocycles. The summed E-state index contributed by atoms with van der Waals surface area (Å²) < 4.78 is 10.3. The summed E-state index contributed by atoms with van der Waals surface area (Å²) in [6.07, 6.45) is 0. The van der Waals surface area contributed by atoms with E-state index in [4.69, 9.17) is 21.1 Å². The molecule has 86 valence electrons. The maximum atomic E-state index is 5.99. The molecule has 0 radical (unpaired) electrons. The van der Waals surface area contributed by atoms with E-state index in [9.17, 15) is 0 Å². The zero-order valence-electron chi connectivity index (χ0n) is 9.93. The van der Waals surface area contributed by atoms with Crippen molar-refractivity contribution in [2.24, 2.45) is 0 Å². The largest absolute Gasteiger partial charge is 0.493 e. The minimum atomic E-state index is -0.521. The third kappa shape index (κ3) is 3.67. The minimum Gasteiger partial charge on any atom is -0.493 e. The number of benzene rings is 1. The van der Waals surface area contributed by atoms with Gasteiger partial charge in [-0.1, -0.05) is 11.8 Å². The van der Waals surface area contributed by atoms with Crippen LogP contribution >= 0.6 is 11.6 Å². The van der Waals surface area contributed by atoms with Crippen molar-refractivity contribution in [1.82, 2.24) is 0 Å². The van der Waals surface area contributed by atoms with Crippen molar-refractivity contribution in [1.29, 1.82) is 0 Å². The highest BCUT2D eigenvalue weighted by molar-refractivity contribution is 6.25. The van der Waals surface area contributed by atoms with Crippen LogP contribution in [-0.2, 0) is 0 Å². The Kier molecular flexibility index (Phi) is 4.09. The number of hydrogen-bond acceptors (Lipinski definition) is 2. The molecule has 0 aliphatic rings. The van der Waals surface area contributed by atoms with E-state index >= 15 is 0 Å². The van der Waals surface area contributed by atoms with Crippen molar-refractivity contribution >= 4 is 11.6 Å². The molecule has 0 spiro atoms. The fourth-order valence-corrected chi connectivity index (χ4v) is 1.18. The zero-order chi connectivity index (χ0) is 12.2. The van der Waals surface area contributed by atoms with Crippen LogP contribution in [-0.4, -0.2) is 19.1 Å². The monoisotopic (exact) mass is 238 g/mol. The molecular weight excluding hydrogens is 224 g/mol. The van der Waals surface area contributed by atoms with Crippen molar-refractivity contribution in [2.75, 3.05) is 14.2 Å². The lowest BCUT2D eigenvalue weighted by Gasteiger charge is -2.07. The van der Waals surface area contributed by atoms with Crippen LogP contribution in [0.25, 0.3) is 0 Å². The Morgan fingerprint density at radius 1 is 1.12 bits per heavy atom. The normalized spacial score (nSPS) is 10.3. The maximum absolute atomic E-state index is 5.99. The highest BCUT2D eigenvalue weighted by Gasteiger charge is 2.07. The summed E-state index contributed by atoms with van der Waals surface area (Å²) in [6, 6.07) is 5.52. The molecule has 0 amide bonds. The predicted molar refractivity (Wildman–Crippen MR) is 66.4 cm³/mol. The molecule has 0 aliphatic heterocycles. The number of rotatable bonds is 2.